The van der Waals surface area contributed by atoms with Crippen LogP contribution in [0.5, 0.6) is 5.88 Å². The molecule has 23 heavy (non-hydrogen) atoms. The Morgan fingerprint density at radius 2 is 2.09 bits per heavy atom. The van der Waals surface area contributed by atoms with E-state index in [0.29, 0.717) is 11.8 Å². The lowest BCUT2D eigenvalue weighted by atomic mass is 9.86. The van der Waals surface area contributed by atoms with Crippen molar-refractivity contribution in [3.63, 3.8) is 0 Å². The molecule has 3 rings (SSSR count). The molecule has 0 aromatic carbocycles. The second-order valence-corrected chi connectivity index (χ2v) is 5.76. The molecule has 1 fully saturated rings. The number of nitrogens with zero attached hydrogens (tertiary/aromatic N) is 3. The van der Waals surface area contributed by atoms with Gasteiger partial charge in [0.05, 0.1) is 25.2 Å². The van der Waals surface area contributed by atoms with Gasteiger partial charge in [-0.05, 0) is 19.8 Å². The van der Waals surface area contributed by atoms with E-state index in [0.717, 1.165) is 24.1 Å². The lowest BCUT2D eigenvalue weighted by molar-refractivity contribution is 0.101. The van der Waals surface area contributed by atoms with E-state index in [1.165, 1.54) is 38.8 Å². The molecule has 0 spiro atoms. The molecule has 122 valence electrons. The minimum atomic E-state index is -0.397. The van der Waals surface area contributed by atoms with Crippen molar-refractivity contribution in [1.82, 2.24) is 15.1 Å². The molecule has 0 radical (unpaired) electrons. The SMILES string of the molecule is COc1cncc(C(=O)Nc2onc(C3CCCCC3)c2C)n1. The Morgan fingerprint density at radius 1 is 1.30 bits per heavy atom. The van der Waals surface area contributed by atoms with Crippen molar-refractivity contribution >= 4 is 11.8 Å². The minimum Gasteiger partial charge on any atom is -0.480 e. The summed E-state index contributed by atoms with van der Waals surface area (Å²) in [4.78, 5) is 20.2. The van der Waals surface area contributed by atoms with Crippen LogP contribution in [0.15, 0.2) is 16.9 Å². The largest absolute Gasteiger partial charge is 0.480 e. The zero-order chi connectivity index (χ0) is 16.2. The van der Waals surface area contributed by atoms with Crippen LogP contribution in [0.25, 0.3) is 0 Å². The molecule has 0 atom stereocenters. The molecule has 1 amide bonds. The maximum absolute atomic E-state index is 12.3. The van der Waals surface area contributed by atoms with Crippen molar-refractivity contribution in [1.29, 1.82) is 0 Å². The van der Waals surface area contributed by atoms with E-state index in [4.69, 9.17) is 9.26 Å². The number of nitrogens with one attached hydrogen (secondary N) is 1. The molecule has 0 unspecified atom stereocenters. The normalized spacial score (nSPS) is 15.4. The van der Waals surface area contributed by atoms with Crippen LogP contribution in [0.3, 0.4) is 0 Å². The summed E-state index contributed by atoms with van der Waals surface area (Å²) in [7, 11) is 1.47. The van der Waals surface area contributed by atoms with Gasteiger partial charge in [-0.2, -0.15) is 0 Å². The van der Waals surface area contributed by atoms with Crippen molar-refractivity contribution in [3.8, 4) is 5.88 Å². The van der Waals surface area contributed by atoms with E-state index < -0.39 is 5.91 Å². The van der Waals surface area contributed by atoms with Crippen molar-refractivity contribution in [2.45, 2.75) is 44.9 Å². The fourth-order valence-electron chi connectivity index (χ4n) is 2.94. The van der Waals surface area contributed by atoms with Crippen molar-refractivity contribution < 1.29 is 14.1 Å². The summed E-state index contributed by atoms with van der Waals surface area (Å²) < 4.78 is 10.3. The Hall–Kier alpha value is -2.44. The summed E-state index contributed by atoms with van der Waals surface area (Å²) in [5.41, 5.74) is 2.01. The molecule has 0 bridgehead atoms. The topological polar surface area (TPSA) is 90.1 Å². The first-order chi connectivity index (χ1) is 11.2. The monoisotopic (exact) mass is 316 g/mol. The number of hydrogen-bond donors (Lipinski definition) is 1. The molecule has 1 aliphatic carbocycles. The van der Waals surface area contributed by atoms with Gasteiger partial charge in [0.2, 0.25) is 11.8 Å². The van der Waals surface area contributed by atoms with Gasteiger partial charge < -0.3 is 9.26 Å². The Kier molecular flexibility index (Phi) is 4.55. The third-order valence-electron chi connectivity index (χ3n) is 4.23. The second-order valence-electron chi connectivity index (χ2n) is 5.76. The lowest BCUT2D eigenvalue weighted by Crippen LogP contribution is -2.15. The van der Waals surface area contributed by atoms with Gasteiger partial charge >= 0.3 is 0 Å². The van der Waals surface area contributed by atoms with E-state index in [2.05, 4.69) is 20.4 Å². The first-order valence-electron chi connectivity index (χ1n) is 7.82. The van der Waals surface area contributed by atoms with Crippen LogP contribution in [0, 0.1) is 6.92 Å². The Morgan fingerprint density at radius 3 is 2.83 bits per heavy atom. The fourth-order valence-corrected chi connectivity index (χ4v) is 2.94. The lowest BCUT2D eigenvalue weighted by Gasteiger charge is -2.19. The van der Waals surface area contributed by atoms with Gasteiger partial charge in [-0.25, -0.2) is 4.98 Å². The predicted octanol–water partition coefficient (Wildman–Crippen LogP) is 3.08. The standard InChI is InChI=1S/C16H20N4O3/c1-10-14(11-6-4-3-5-7-11)20-23-16(10)19-15(21)12-8-17-9-13(18-12)22-2/h8-9,11H,3-7H2,1-2H3,(H,19,21). The van der Waals surface area contributed by atoms with Crippen LogP contribution in [0.1, 0.15) is 59.8 Å². The number of ether oxygens (including phenoxy) is 1. The minimum absolute atomic E-state index is 0.166. The smallest absolute Gasteiger partial charge is 0.278 e. The van der Waals surface area contributed by atoms with Crippen LogP contribution >= 0.6 is 0 Å². The predicted molar refractivity (Wildman–Crippen MR) is 83.6 cm³/mol. The van der Waals surface area contributed by atoms with E-state index in [1.54, 1.807) is 0 Å². The molecule has 1 N–H and O–H groups in total. The highest BCUT2D eigenvalue weighted by Gasteiger charge is 2.24. The number of methoxy groups -OCH3 is 1. The van der Waals surface area contributed by atoms with Crippen LogP contribution in [-0.2, 0) is 0 Å². The van der Waals surface area contributed by atoms with E-state index in [-0.39, 0.29) is 11.6 Å². The molecule has 0 aliphatic heterocycles. The maximum atomic E-state index is 12.3. The van der Waals surface area contributed by atoms with Gasteiger partial charge in [0.15, 0.2) is 5.69 Å². The zero-order valence-corrected chi connectivity index (χ0v) is 13.3. The van der Waals surface area contributed by atoms with Gasteiger partial charge in [0.1, 0.15) is 0 Å². The van der Waals surface area contributed by atoms with Crippen molar-refractivity contribution in [2.75, 3.05) is 12.4 Å². The Bertz CT molecular complexity index is 692. The van der Waals surface area contributed by atoms with Crippen LogP contribution in [0.4, 0.5) is 5.88 Å². The summed E-state index contributed by atoms with van der Waals surface area (Å²) >= 11 is 0. The second kappa shape index (κ2) is 6.76. The van der Waals surface area contributed by atoms with E-state index in [9.17, 15) is 4.79 Å². The quantitative estimate of drug-likeness (QED) is 0.932. The third kappa shape index (κ3) is 3.33. The van der Waals surface area contributed by atoms with Crippen molar-refractivity contribution in [3.05, 3.63) is 29.3 Å². The summed E-state index contributed by atoms with van der Waals surface area (Å²) in [6.07, 6.45) is 8.80. The summed E-state index contributed by atoms with van der Waals surface area (Å²) in [6.45, 7) is 1.92. The van der Waals surface area contributed by atoms with Gasteiger partial charge in [-0.15, -0.1) is 0 Å². The van der Waals surface area contributed by atoms with Crippen LogP contribution in [0.2, 0.25) is 0 Å². The Labute approximate surface area is 134 Å². The van der Waals surface area contributed by atoms with Crippen molar-refractivity contribution in [2.24, 2.45) is 0 Å². The third-order valence-corrected chi connectivity index (χ3v) is 4.23. The maximum Gasteiger partial charge on any atom is 0.278 e. The average molecular weight is 316 g/mol. The molecule has 7 heteroatoms. The molecule has 7 nitrogen and oxygen atoms in total. The van der Waals surface area contributed by atoms with Gasteiger partial charge in [-0.3, -0.25) is 15.1 Å². The van der Waals surface area contributed by atoms with Gasteiger partial charge in [-0.1, -0.05) is 24.4 Å². The van der Waals surface area contributed by atoms with E-state index >= 15 is 0 Å². The number of anilines is 1. The molecule has 2 heterocycles. The van der Waals surface area contributed by atoms with Gasteiger partial charge in [0, 0.05) is 11.5 Å². The Balaban J connectivity index is 1.74. The number of aromatic nitrogens is 3. The zero-order valence-electron chi connectivity index (χ0n) is 13.3. The molecular formula is C16H20N4O3. The number of carbonyl (C=O) groups is 1. The van der Waals surface area contributed by atoms with Crippen LogP contribution < -0.4 is 10.1 Å². The number of carbonyl (C=O) groups excluding carboxylic acids is 1. The first kappa shape index (κ1) is 15.5. The fraction of sp³-hybridized carbons (Fsp3) is 0.500. The number of hydrogen-bond acceptors (Lipinski definition) is 6. The highest BCUT2D eigenvalue weighted by molar-refractivity contribution is 6.02. The first-order valence-corrected chi connectivity index (χ1v) is 7.82. The summed E-state index contributed by atoms with van der Waals surface area (Å²) in [5.74, 6) is 0.690. The molecule has 1 aliphatic rings. The highest BCUT2D eigenvalue weighted by Crippen LogP contribution is 2.35. The molecular weight excluding hydrogens is 296 g/mol. The molecule has 0 saturated heterocycles. The highest BCUT2D eigenvalue weighted by atomic mass is 16.5. The van der Waals surface area contributed by atoms with Gasteiger partial charge in [0.25, 0.3) is 5.91 Å². The number of amides is 1. The van der Waals surface area contributed by atoms with E-state index in [1.807, 2.05) is 6.92 Å². The molecule has 1 saturated carbocycles. The molecule has 2 aromatic heterocycles. The summed E-state index contributed by atoms with van der Waals surface area (Å²) in [5, 5.41) is 6.88. The van der Waals surface area contributed by atoms with Crippen LogP contribution in [-0.4, -0.2) is 28.1 Å². The number of rotatable bonds is 4. The molecule has 2 aromatic rings. The average Bonchev–Trinajstić information content (AvgIpc) is 2.96. The summed E-state index contributed by atoms with van der Waals surface area (Å²) in [6, 6.07) is 0.